The monoisotopic (exact) mass is 411 g/mol. The fourth-order valence-corrected chi connectivity index (χ4v) is 3.28. The Bertz CT molecular complexity index is 884. The Morgan fingerprint density at radius 1 is 1.03 bits per heavy atom. The fourth-order valence-electron chi connectivity index (χ4n) is 2.42. The van der Waals surface area contributed by atoms with Crippen LogP contribution in [0.1, 0.15) is 39.4 Å². The summed E-state index contributed by atoms with van der Waals surface area (Å²) in [4.78, 5) is 25.6. The highest BCUT2D eigenvalue weighted by atomic mass is 32.2. The van der Waals surface area contributed by atoms with Crippen LogP contribution in [0, 0.1) is 0 Å². The van der Waals surface area contributed by atoms with E-state index < -0.39 is 23.8 Å². The number of amides is 1. The molecule has 2 aromatic rings. The lowest BCUT2D eigenvalue weighted by Crippen LogP contribution is -2.34. The number of rotatable bonds is 6. The van der Waals surface area contributed by atoms with Crippen molar-refractivity contribution in [3.63, 3.8) is 0 Å². The summed E-state index contributed by atoms with van der Waals surface area (Å²) >= 11 is 1.15. The van der Waals surface area contributed by atoms with Gasteiger partial charge in [-0.1, -0.05) is 55.1 Å². The van der Waals surface area contributed by atoms with Crippen molar-refractivity contribution in [3.05, 3.63) is 84.2 Å². The molecule has 0 fully saturated rings. The van der Waals surface area contributed by atoms with Crippen LogP contribution in [0.2, 0.25) is 0 Å². The second-order valence-electron chi connectivity index (χ2n) is 7.14. The molecule has 6 heteroatoms. The van der Waals surface area contributed by atoms with E-state index in [0.717, 1.165) is 16.8 Å². The SMILES string of the molecule is C=C=C(C(OC(C)=O)c1ccccc1)N(Sc1ccccc1)C(=O)OC(C)(C)C. The number of esters is 1. The minimum absolute atomic E-state index is 0.273. The van der Waals surface area contributed by atoms with Gasteiger partial charge in [0.05, 0.1) is 0 Å². The third-order valence-electron chi connectivity index (χ3n) is 3.53. The van der Waals surface area contributed by atoms with E-state index in [9.17, 15) is 9.59 Å². The van der Waals surface area contributed by atoms with Crippen LogP contribution in [-0.2, 0) is 14.3 Å². The van der Waals surface area contributed by atoms with Crippen LogP contribution in [0.25, 0.3) is 0 Å². The highest BCUT2D eigenvalue weighted by Gasteiger charge is 2.32. The third kappa shape index (κ3) is 6.86. The second-order valence-corrected chi connectivity index (χ2v) is 8.16. The van der Waals surface area contributed by atoms with Gasteiger partial charge in [-0.25, -0.2) is 9.10 Å². The van der Waals surface area contributed by atoms with Crippen molar-refractivity contribution in [3.8, 4) is 0 Å². The predicted molar refractivity (Wildman–Crippen MR) is 114 cm³/mol. The van der Waals surface area contributed by atoms with Crippen LogP contribution >= 0.6 is 11.9 Å². The number of carbonyl (C=O) groups excluding carboxylic acids is 2. The molecule has 0 aliphatic heterocycles. The standard InChI is InChI=1S/C23H25NO4S/c1-6-20(21(27-17(2)25)18-13-9-7-10-14-18)24(22(26)28-23(3,4)5)29-19-15-11-8-12-16-19/h7-16,21H,1H2,2-5H3. The van der Waals surface area contributed by atoms with Crippen LogP contribution in [-0.4, -0.2) is 22.0 Å². The highest BCUT2D eigenvalue weighted by Crippen LogP contribution is 2.36. The summed E-state index contributed by atoms with van der Waals surface area (Å²) in [5.74, 6) is -0.486. The molecule has 1 unspecified atom stereocenters. The smallest absolute Gasteiger partial charge is 0.425 e. The first-order valence-electron chi connectivity index (χ1n) is 9.09. The van der Waals surface area contributed by atoms with E-state index in [1.54, 1.807) is 20.8 Å². The van der Waals surface area contributed by atoms with Crippen molar-refractivity contribution in [1.82, 2.24) is 4.31 Å². The molecule has 1 amide bonds. The molecule has 0 heterocycles. The Kier molecular flexibility index (Phi) is 7.71. The maximum Gasteiger partial charge on any atom is 0.425 e. The number of ether oxygens (including phenoxy) is 2. The Hall–Kier alpha value is -2.95. The minimum atomic E-state index is -0.866. The second kappa shape index (κ2) is 10.0. The van der Waals surface area contributed by atoms with Gasteiger partial charge in [0.2, 0.25) is 0 Å². The highest BCUT2D eigenvalue weighted by molar-refractivity contribution is 7.97. The Labute approximate surface area is 176 Å². The van der Waals surface area contributed by atoms with Gasteiger partial charge in [-0.2, -0.15) is 0 Å². The molecule has 0 N–H and O–H groups in total. The molecule has 0 saturated heterocycles. The summed E-state index contributed by atoms with van der Waals surface area (Å²) in [5, 5.41) is 0. The summed E-state index contributed by atoms with van der Waals surface area (Å²) in [6, 6.07) is 18.5. The summed E-state index contributed by atoms with van der Waals surface area (Å²) in [6.45, 7) is 10.4. The first kappa shape index (κ1) is 22.3. The van der Waals surface area contributed by atoms with E-state index in [-0.39, 0.29) is 5.70 Å². The molecule has 152 valence electrons. The number of hydrogen-bond donors (Lipinski definition) is 0. The molecule has 2 aromatic carbocycles. The Morgan fingerprint density at radius 2 is 1.59 bits per heavy atom. The molecule has 0 aliphatic rings. The molecule has 0 spiro atoms. The van der Waals surface area contributed by atoms with E-state index in [0.29, 0.717) is 5.56 Å². The molecule has 0 saturated carbocycles. The van der Waals surface area contributed by atoms with Crippen molar-refractivity contribution in [2.45, 2.75) is 44.3 Å². The van der Waals surface area contributed by atoms with Gasteiger partial charge < -0.3 is 9.47 Å². The number of hydrogen-bond acceptors (Lipinski definition) is 5. The Balaban J connectivity index is 2.49. The summed E-state index contributed by atoms with van der Waals surface area (Å²) in [6.07, 6.45) is -1.47. The van der Waals surface area contributed by atoms with Gasteiger partial charge in [0.1, 0.15) is 11.3 Å². The van der Waals surface area contributed by atoms with Gasteiger partial charge >= 0.3 is 12.1 Å². The van der Waals surface area contributed by atoms with Crippen LogP contribution in [0.5, 0.6) is 0 Å². The minimum Gasteiger partial charge on any atom is -0.450 e. The molecule has 29 heavy (non-hydrogen) atoms. The van der Waals surface area contributed by atoms with Crippen LogP contribution < -0.4 is 0 Å². The summed E-state index contributed by atoms with van der Waals surface area (Å²) in [7, 11) is 0. The molecular formula is C23H25NO4S. The van der Waals surface area contributed by atoms with Gasteiger partial charge in [-0.15, -0.1) is 5.73 Å². The van der Waals surface area contributed by atoms with Crippen LogP contribution in [0.4, 0.5) is 4.79 Å². The molecule has 0 aliphatic carbocycles. The summed E-state index contributed by atoms with van der Waals surface area (Å²) in [5.41, 5.74) is 3.04. The molecular weight excluding hydrogens is 386 g/mol. The first-order chi connectivity index (χ1) is 13.7. The molecule has 5 nitrogen and oxygen atoms in total. The molecule has 0 aromatic heterocycles. The lowest BCUT2D eigenvalue weighted by Gasteiger charge is -2.30. The quantitative estimate of drug-likeness (QED) is 0.336. The molecule has 2 rings (SSSR count). The van der Waals surface area contributed by atoms with Crippen molar-refractivity contribution < 1.29 is 19.1 Å². The van der Waals surface area contributed by atoms with Gasteiger partial charge in [0.25, 0.3) is 0 Å². The van der Waals surface area contributed by atoms with Crippen molar-refractivity contribution in [1.29, 1.82) is 0 Å². The number of carbonyl (C=O) groups is 2. The predicted octanol–water partition coefficient (Wildman–Crippen LogP) is 5.90. The van der Waals surface area contributed by atoms with E-state index >= 15 is 0 Å². The van der Waals surface area contributed by atoms with Gasteiger partial charge in [0.15, 0.2) is 6.10 Å². The van der Waals surface area contributed by atoms with Crippen LogP contribution in [0.3, 0.4) is 0 Å². The van der Waals surface area contributed by atoms with E-state index in [4.69, 9.17) is 9.47 Å². The zero-order valence-corrected chi connectivity index (χ0v) is 17.9. The lowest BCUT2D eigenvalue weighted by atomic mass is 10.1. The van der Waals surface area contributed by atoms with Crippen molar-refractivity contribution in [2.75, 3.05) is 0 Å². The normalized spacial score (nSPS) is 11.7. The largest absolute Gasteiger partial charge is 0.450 e. The van der Waals surface area contributed by atoms with Gasteiger partial charge in [-0.05, 0) is 50.4 Å². The van der Waals surface area contributed by atoms with E-state index in [1.165, 1.54) is 11.2 Å². The Morgan fingerprint density at radius 3 is 2.07 bits per heavy atom. The maximum atomic E-state index is 13.0. The third-order valence-corrected chi connectivity index (χ3v) is 4.54. The van der Waals surface area contributed by atoms with E-state index in [2.05, 4.69) is 12.3 Å². The number of benzene rings is 2. The first-order valence-corrected chi connectivity index (χ1v) is 9.87. The number of nitrogens with zero attached hydrogens (tertiary/aromatic N) is 1. The van der Waals surface area contributed by atoms with Gasteiger partial charge in [0, 0.05) is 11.8 Å². The summed E-state index contributed by atoms with van der Waals surface area (Å²) < 4.78 is 12.5. The van der Waals surface area contributed by atoms with Crippen molar-refractivity contribution >= 4 is 24.0 Å². The van der Waals surface area contributed by atoms with Crippen LogP contribution in [0.15, 0.2) is 83.6 Å². The molecule has 1 atom stereocenters. The van der Waals surface area contributed by atoms with Crippen molar-refractivity contribution in [2.24, 2.45) is 0 Å². The fraction of sp³-hybridized carbons (Fsp3) is 0.261. The molecule has 0 radical (unpaired) electrons. The topological polar surface area (TPSA) is 55.8 Å². The van der Waals surface area contributed by atoms with E-state index in [1.807, 2.05) is 60.7 Å². The molecule has 0 bridgehead atoms. The maximum absolute atomic E-state index is 13.0. The zero-order valence-electron chi connectivity index (χ0n) is 17.0. The average Bonchev–Trinajstić information content (AvgIpc) is 2.66. The van der Waals surface area contributed by atoms with Gasteiger partial charge in [-0.3, -0.25) is 4.79 Å². The lowest BCUT2D eigenvalue weighted by molar-refractivity contribution is -0.145. The average molecular weight is 412 g/mol. The zero-order chi connectivity index (χ0) is 21.4.